The first-order chi connectivity index (χ1) is 10.6. The molecule has 0 aromatic carbocycles. The number of rotatable bonds is 9. The van der Waals surface area contributed by atoms with Crippen molar-refractivity contribution in [3.05, 3.63) is 0 Å². The number of aliphatic carboxylic acids is 1. The number of thioether (sulfide) groups is 1. The van der Waals surface area contributed by atoms with Crippen LogP contribution in [0.3, 0.4) is 0 Å². The molecule has 1 N–H and O–H groups in total. The van der Waals surface area contributed by atoms with E-state index in [1.165, 1.54) is 11.8 Å². The van der Waals surface area contributed by atoms with Gasteiger partial charge in [-0.15, -0.1) is 11.8 Å². The highest BCUT2D eigenvalue weighted by Crippen LogP contribution is 2.29. The minimum Gasteiger partial charge on any atom is -0.480 e. The van der Waals surface area contributed by atoms with Crippen LogP contribution in [-0.2, 0) is 19.2 Å². The van der Waals surface area contributed by atoms with Crippen LogP contribution in [0.5, 0.6) is 0 Å². The average Bonchev–Trinajstić information content (AvgIpc) is 2.69. The molecule has 2 unspecified atom stereocenters. The van der Waals surface area contributed by atoms with E-state index in [2.05, 4.69) is 0 Å². The molecular formula is C16H25NO5S. The summed E-state index contributed by atoms with van der Waals surface area (Å²) in [6, 6.07) is 0. The fourth-order valence-electron chi connectivity index (χ4n) is 2.62. The number of nitrogens with zero attached hydrogens (tertiary/aromatic N) is 1. The Morgan fingerprint density at radius 1 is 1.26 bits per heavy atom. The fraction of sp³-hybridized carbons (Fsp3) is 0.750. The van der Waals surface area contributed by atoms with Gasteiger partial charge in [-0.3, -0.25) is 24.1 Å². The minimum atomic E-state index is -1.20. The van der Waals surface area contributed by atoms with E-state index in [0.717, 1.165) is 11.3 Å². The maximum Gasteiger partial charge on any atom is 0.323 e. The van der Waals surface area contributed by atoms with Crippen LogP contribution in [-0.4, -0.2) is 51.1 Å². The first-order valence-corrected chi connectivity index (χ1v) is 8.89. The number of ketones is 1. The third-order valence-corrected chi connectivity index (χ3v) is 5.09. The van der Waals surface area contributed by atoms with Gasteiger partial charge in [-0.25, -0.2) is 0 Å². The summed E-state index contributed by atoms with van der Waals surface area (Å²) in [4.78, 5) is 47.7. The number of carbonyl (C=O) groups is 4. The molecule has 2 atom stereocenters. The second-order valence-electron chi connectivity index (χ2n) is 6.62. The number of hydrogen-bond acceptors (Lipinski definition) is 5. The molecule has 0 spiro atoms. The van der Waals surface area contributed by atoms with Gasteiger partial charge in [0.25, 0.3) is 0 Å². The fourth-order valence-corrected chi connectivity index (χ4v) is 3.92. The standard InChI is InChI=1S/C16H25NO5S/c1-9(2)5-11(15(21)10(3)4)8-23-12-6-13(18)17(16(12)22)7-14(19)20/h9-12H,5-8H2,1-4H3,(H,19,20). The first-order valence-electron chi connectivity index (χ1n) is 7.84. The van der Waals surface area contributed by atoms with Crippen molar-refractivity contribution >= 4 is 35.3 Å². The van der Waals surface area contributed by atoms with Crippen LogP contribution in [0.4, 0.5) is 0 Å². The van der Waals surface area contributed by atoms with Gasteiger partial charge in [0.15, 0.2) is 0 Å². The Balaban J connectivity index is 2.67. The summed E-state index contributed by atoms with van der Waals surface area (Å²) in [5.41, 5.74) is 0. The lowest BCUT2D eigenvalue weighted by atomic mass is 9.89. The Bertz CT molecular complexity index is 489. The highest BCUT2D eigenvalue weighted by molar-refractivity contribution is 8.00. The molecule has 23 heavy (non-hydrogen) atoms. The molecule has 0 aliphatic carbocycles. The van der Waals surface area contributed by atoms with E-state index in [4.69, 9.17) is 5.11 Å². The Kier molecular flexibility index (Phi) is 7.25. The van der Waals surface area contributed by atoms with Crippen molar-refractivity contribution in [3.63, 3.8) is 0 Å². The minimum absolute atomic E-state index is 0.0149. The number of amides is 2. The Labute approximate surface area is 141 Å². The van der Waals surface area contributed by atoms with Crippen molar-refractivity contribution in [2.24, 2.45) is 17.8 Å². The van der Waals surface area contributed by atoms with Crippen molar-refractivity contribution in [1.82, 2.24) is 4.90 Å². The van der Waals surface area contributed by atoms with E-state index in [0.29, 0.717) is 11.7 Å². The molecule has 0 aromatic rings. The largest absolute Gasteiger partial charge is 0.480 e. The normalized spacial score (nSPS) is 19.7. The lowest BCUT2D eigenvalue weighted by Gasteiger charge is -2.20. The van der Waals surface area contributed by atoms with Crippen LogP contribution in [0.2, 0.25) is 0 Å². The first kappa shape index (κ1) is 19.7. The zero-order valence-electron chi connectivity index (χ0n) is 14.1. The number of imide groups is 1. The molecule has 2 amide bonds. The molecule has 1 saturated heterocycles. The van der Waals surface area contributed by atoms with Crippen molar-refractivity contribution in [2.45, 2.75) is 45.8 Å². The van der Waals surface area contributed by atoms with Crippen LogP contribution in [0.15, 0.2) is 0 Å². The molecule has 0 saturated carbocycles. The number of carboxylic acids is 1. The molecule has 1 fully saturated rings. The van der Waals surface area contributed by atoms with Crippen molar-refractivity contribution < 1.29 is 24.3 Å². The average molecular weight is 343 g/mol. The van der Waals surface area contributed by atoms with Gasteiger partial charge in [0.05, 0.1) is 5.25 Å². The van der Waals surface area contributed by atoms with Crippen LogP contribution in [0.1, 0.15) is 40.5 Å². The smallest absolute Gasteiger partial charge is 0.323 e. The summed E-state index contributed by atoms with van der Waals surface area (Å²) in [5.74, 6) is -1.30. The number of carboxylic acid groups (broad SMARTS) is 1. The number of Topliss-reactive ketones (excluding diaryl/α,β-unsaturated/α-hetero) is 1. The zero-order chi connectivity index (χ0) is 17.7. The van der Waals surface area contributed by atoms with Crippen molar-refractivity contribution in [3.8, 4) is 0 Å². The molecule has 1 aliphatic heterocycles. The van der Waals surface area contributed by atoms with E-state index < -0.39 is 29.6 Å². The second kappa shape index (κ2) is 8.47. The molecule has 7 heteroatoms. The van der Waals surface area contributed by atoms with Crippen molar-refractivity contribution in [1.29, 1.82) is 0 Å². The van der Waals surface area contributed by atoms with Gasteiger partial charge < -0.3 is 5.11 Å². The molecule has 0 aromatic heterocycles. The zero-order valence-corrected chi connectivity index (χ0v) is 14.9. The molecule has 130 valence electrons. The summed E-state index contributed by atoms with van der Waals surface area (Å²) >= 11 is 1.30. The van der Waals surface area contributed by atoms with Gasteiger partial charge in [0, 0.05) is 24.0 Å². The number of likely N-dealkylation sites (tertiary alicyclic amines) is 1. The Morgan fingerprint density at radius 3 is 2.35 bits per heavy atom. The molecular weight excluding hydrogens is 318 g/mol. The van der Waals surface area contributed by atoms with E-state index in [9.17, 15) is 19.2 Å². The lowest BCUT2D eigenvalue weighted by molar-refractivity contribution is -0.148. The number of hydrogen-bond donors (Lipinski definition) is 1. The van der Waals surface area contributed by atoms with Crippen LogP contribution in [0, 0.1) is 17.8 Å². The van der Waals surface area contributed by atoms with E-state index in [1.807, 2.05) is 27.7 Å². The van der Waals surface area contributed by atoms with Crippen LogP contribution < -0.4 is 0 Å². The predicted octanol–water partition coefficient (Wildman–Crippen LogP) is 1.82. The van der Waals surface area contributed by atoms with E-state index in [1.54, 1.807) is 0 Å². The highest BCUT2D eigenvalue weighted by atomic mass is 32.2. The number of carbonyl (C=O) groups excluding carboxylic acids is 3. The molecule has 1 heterocycles. The van der Waals surface area contributed by atoms with Crippen LogP contribution >= 0.6 is 11.8 Å². The predicted molar refractivity (Wildman–Crippen MR) is 88.0 cm³/mol. The molecule has 1 rings (SSSR count). The Morgan fingerprint density at radius 2 is 1.87 bits per heavy atom. The molecule has 1 aliphatic rings. The summed E-state index contributed by atoms with van der Waals surface area (Å²) in [6.45, 7) is 7.22. The van der Waals surface area contributed by atoms with Gasteiger partial charge in [0.2, 0.25) is 11.8 Å². The third-order valence-electron chi connectivity index (χ3n) is 3.72. The summed E-state index contributed by atoms with van der Waals surface area (Å²) < 4.78 is 0. The van der Waals surface area contributed by atoms with Crippen molar-refractivity contribution in [2.75, 3.05) is 12.3 Å². The highest BCUT2D eigenvalue weighted by Gasteiger charge is 2.40. The molecule has 6 nitrogen and oxygen atoms in total. The molecule has 0 bridgehead atoms. The maximum absolute atomic E-state index is 12.3. The van der Waals surface area contributed by atoms with Gasteiger partial charge in [-0.2, -0.15) is 0 Å². The van der Waals surface area contributed by atoms with Gasteiger partial charge in [-0.1, -0.05) is 27.7 Å². The van der Waals surface area contributed by atoms with E-state index >= 15 is 0 Å². The second-order valence-corrected chi connectivity index (χ2v) is 7.86. The van der Waals surface area contributed by atoms with Gasteiger partial charge >= 0.3 is 5.97 Å². The topological polar surface area (TPSA) is 91.8 Å². The van der Waals surface area contributed by atoms with Crippen LogP contribution in [0.25, 0.3) is 0 Å². The van der Waals surface area contributed by atoms with Gasteiger partial charge in [0.1, 0.15) is 12.3 Å². The Hall–Kier alpha value is -1.37. The third kappa shape index (κ3) is 5.64. The SMILES string of the molecule is CC(C)CC(CSC1CC(=O)N(CC(=O)O)C1=O)C(=O)C(C)C. The lowest BCUT2D eigenvalue weighted by Crippen LogP contribution is -2.36. The van der Waals surface area contributed by atoms with E-state index in [-0.39, 0.29) is 24.0 Å². The van der Waals surface area contributed by atoms with Gasteiger partial charge in [-0.05, 0) is 12.3 Å². The molecule has 0 radical (unpaired) electrons. The quantitative estimate of drug-likeness (QED) is 0.642. The monoisotopic (exact) mass is 343 g/mol. The summed E-state index contributed by atoms with van der Waals surface area (Å²) in [5, 5.41) is 8.18. The summed E-state index contributed by atoms with van der Waals surface area (Å²) in [6.07, 6.45) is 0.763. The maximum atomic E-state index is 12.3. The summed E-state index contributed by atoms with van der Waals surface area (Å²) in [7, 11) is 0.